The Morgan fingerprint density at radius 1 is 1.09 bits per heavy atom. The second-order valence-electron chi connectivity index (χ2n) is 9.10. The normalized spacial score (nSPS) is 16.5. The van der Waals surface area contributed by atoms with Gasteiger partial charge in [-0.05, 0) is 63.6 Å². The fourth-order valence-corrected chi connectivity index (χ4v) is 3.64. The van der Waals surface area contributed by atoms with Crippen LogP contribution in [0.2, 0.25) is 0 Å². The van der Waals surface area contributed by atoms with E-state index in [2.05, 4.69) is 15.5 Å². The molecule has 0 aliphatic carbocycles. The fraction of sp³-hybridized carbons (Fsp3) is 0.375. The minimum atomic E-state index is -4.39. The summed E-state index contributed by atoms with van der Waals surface area (Å²) in [6, 6.07) is 11.9. The van der Waals surface area contributed by atoms with E-state index < -0.39 is 17.3 Å². The standard InChI is InChI=1S/C24H25F3N4O3/c1-23(2,3)34-22(32)31-13-12-15(14-31)20-29-30-21(33-20)18-6-4-5-7-19(18)28-17-10-8-16(9-11-17)24(25,26)27/h4-11,15,28H,12-14H2,1-3H3. The third-order valence-electron chi connectivity index (χ3n) is 5.28. The van der Waals surface area contributed by atoms with Gasteiger partial charge in [0.05, 0.1) is 22.7 Å². The van der Waals surface area contributed by atoms with Gasteiger partial charge >= 0.3 is 12.3 Å². The number of alkyl halides is 3. The SMILES string of the molecule is CC(C)(C)OC(=O)N1CCC(c2nnc(-c3ccccc3Nc3ccc(C(F)(F)F)cc3)o2)C1. The lowest BCUT2D eigenvalue weighted by atomic mass is 10.1. The molecule has 7 nitrogen and oxygen atoms in total. The summed E-state index contributed by atoms with van der Waals surface area (Å²) in [7, 11) is 0. The summed E-state index contributed by atoms with van der Waals surface area (Å²) in [4.78, 5) is 14.0. The van der Waals surface area contributed by atoms with E-state index in [4.69, 9.17) is 9.15 Å². The summed E-state index contributed by atoms with van der Waals surface area (Å²) in [6.07, 6.45) is -4.09. The van der Waals surface area contributed by atoms with E-state index >= 15 is 0 Å². The Hall–Kier alpha value is -3.56. The number of amides is 1. The number of halogens is 3. The average molecular weight is 474 g/mol. The lowest BCUT2D eigenvalue weighted by Crippen LogP contribution is -2.35. The minimum absolute atomic E-state index is 0.108. The van der Waals surface area contributed by atoms with Gasteiger partial charge in [0.15, 0.2) is 0 Å². The zero-order valence-corrected chi connectivity index (χ0v) is 19.0. The number of rotatable bonds is 4. The van der Waals surface area contributed by atoms with Crippen molar-refractivity contribution in [2.24, 2.45) is 0 Å². The first-order chi connectivity index (χ1) is 16.0. The lowest BCUT2D eigenvalue weighted by molar-refractivity contribution is -0.137. The Kier molecular flexibility index (Phi) is 6.24. The number of nitrogens with one attached hydrogen (secondary N) is 1. The van der Waals surface area contributed by atoms with E-state index in [9.17, 15) is 18.0 Å². The van der Waals surface area contributed by atoms with Gasteiger partial charge in [0.2, 0.25) is 11.8 Å². The number of para-hydroxylation sites is 1. The molecule has 1 fully saturated rings. The van der Waals surface area contributed by atoms with Crippen molar-refractivity contribution >= 4 is 17.5 Å². The molecular weight excluding hydrogens is 449 g/mol. The van der Waals surface area contributed by atoms with Crippen LogP contribution in [0.15, 0.2) is 52.9 Å². The maximum atomic E-state index is 12.8. The van der Waals surface area contributed by atoms with Gasteiger partial charge in [0.25, 0.3) is 0 Å². The Morgan fingerprint density at radius 3 is 2.47 bits per heavy atom. The second kappa shape index (κ2) is 9.00. The monoisotopic (exact) mass is 474 g/mol. The number of nitrogens with zero attached hydrogens (tertiary/aromatic N) is 3. The van der Waals surface area contributed by atoms with Crippen molar-refractivity contribution in [2.45, 2.75) is 44.9 Å². The molecule has 1 amide bonds. The molecule has 1 aromatic heterocycles. The highest BCUT2D eigenvalue weighted by molar-refractivity contribution is 5.76. The molecule has 3 aromatic rings. The Balaban J connectivity index is 1.48. The number of carbonyl (C=O) groups is 1. The van der Waals surface area contributed by atoms with Crippen molar-refractivity contribution in [3.05, 3.63) is 60.0 Å². The lowest BCUT2D eigenvalue weighted by Gasteiger charge is -2.24. The molecule has 1 unspecified atom stereocenters. The Bertz CT molecular complexity index is 1150. The van der Waals surface area contributed by atoms with Crippen LogP contribution in [0.4, 0.5) is 29.3 Å². The van der Waals surface area contributed by atoms with Gasteiger partial charge in [-0.2, -0.15) is 13.2 Å². The van der Waals surface area contributed by atoms with Crippen LogP contribution >= 0.6 is 0 Å². The average Bonchev–Trinajstić information content (AvgIpc) is 3.43. The molecule has 0 saturated carbocycles. The number of ether oxygens (including phenoxy) is 1. The molecule has 180 valence electrons. The number of hydrogen-bond acceptors (Lipinski definition) is 6. The summed E-state index contributed by atoms with van der Waals surface area (Å²) in [6.45, 7) is 6.40. The maximum Gasteiger partial charge on any atom is 0.416 e. The third-order valence-corrected chi connectivity index (χ3v) is 5.28. The van der Waals surface area contributed by atoms with Gasteiger partial charge in [0.1, 0.15) is 5.60 Å². The van der Waals surface area contributed by atoms with Gasteiger partial charge in [-0.1, -0.05) is 12.1 Å². The van der Waals surface area contributed by atoms with Crippen molar-refractivity contribution in [3.8, 4) is 11.5 Å². The van der Waals surface area contributed by atoms with Crippen LogP contribution in [0.1, 0.15) is 44.6 Å². The van der Waals surface area contributed by atoms with Crippen molar-refractivity contribution < 1.29 is 27.1 Å². The molecular formula is C24H25F3N4O3. The van der Waals surface area contributed by atoms with E-state index in [0.29, 0.717) is 42.3 Å². The number of likely N-dealkylation sites (tertiary alicyclic amines) is 1. The summed E-state index contributed by atoms with van der Waals surface area (Å²) < 4.78 is 49.8. The smallest absolute Gasteiger partial charge is 0.416 e. The van der Waals surface area contributed by atoms with Crippen LogP contribution < -0.4 is 5.32 Å². The minimum Gasteiger partial charge on any atom is -0.444 e. The van der Waals surface area contributed by atoms with Crippen molar-refractivity contribution in [1.82, 2.24) is 15.1 Å². The predicted molar refractivity (Wildman–Crippen MR) is 120 cm³/mol. The van der Waals surface area contributed by atoms with Crippen molar-refractivity contribution in [1.29, 1.82) is 0 Å². The molecule has 10 heteroatoms. The van der Waals surface area contributed by atoms with Crippen LogP contribution in [0.25, 0.3) is 11.5 Å². The fourth-order valence-electron chi connectivity index (χ4n) is 3.64. The summed E-state index contributed by atoms with van der Waals surface area (Å²) in [5.41, 5.74) is 0.424. The zero-order valence-electron chi connectivity index (χ0n) is 19.0. The highest BCUT2D eigenvalue weighted by Gasteiger charge is 2.33. The van der Waals surface area contributed by atoms with Gasteiger partial charge in [-0.25, -0.2) is 4.79 Å². The number of hydrogen-bond donors (Lipinski definition) is 1. The molecule has 1 N–H and O–H groups in total. The van der Waals surface area contributed by atoms with Crippen molar-refractivity contribution in [3.63, 3.8) is 0 Å². The molecule has 4 rings (SSSR count). The first-order valence-electron chi connectivity index (χ1n) is 10.8. The highest BCUT2D eigenvalue weighted by atomic mass is 19.4. The van der Waals surface area contributed by atoms with Crippen LogP contribution in [0.3, 0.4) is 0 Å². The summed E-state index contributed by atoms with van der Waals surface area (Å²) >= 11 is 0. The Labute approximate surface area is 194 Å². The van der Waals surface area contributed by atoms with Crippen LogP contribution in [-0.4, -0.2) is 39.9 Å². The van der Waals surface area contributed by atoms with Crippen LogP contribution in [-0.2, 0) is 10.9 Å². The zero-order chi connectivity index (χ0) is 24.5. The molecule has 2 aromatic carbocycles. The van der Waals surface area contributed by atoms with Gasteiger partial charge in [-0.3, -0.25) is 0 Å². The van der Waals surface area contributed by atoms with E-state index in [1.54, 1.807) is 29.2 Å². The number of carbonyl (C=O) groups excluding carboxylic acids is 1. The first-order valence-corrected chi connectivity index (χ1v) is 10.8. The topological polar surface area (TPSA) is 80.5 Å². The number of anilines is 2. The van der Waals surface area contributed by atoms with E-state index in [0.717, 1.165) is 12.1 Å². The maximum absolute atomic E-state index is 12.8. The van der Waals surface area contributed by atoms with Gasteiger partial charge < -0.3 is 19.4 Å². The third kappa shape index (κ3) is 5.49. The molecule has 0 bridgehead atoms. The van der Waals surface area contributed by atoms with Crippen molar-refractivity contribution in [2.75, 3.05) is 18.4 Å². The number of benzene rings is 2. The molecule has 0 radical (unpaired) electrons. The molecule has 0 spiro atoms. The van der Waals surface area contributed by atoms with Crippen LogP contribution in [0, 0.1) is 0 Å². The molecule has 2 heterocycles. The highest BCUT2D eigenvalue weighted by Crippen LogP contribution is 2.34. The number of aromatic nitrogens is 2. The van der Waals surface area contributed by atoms with E-state index in [1.165, 1.54) is 12.1 Å². The van der Waals surface area contributed by atoms with Gasteiger partial charge in [0, 0.05) is 18.8 Å². The largest absolute Gasteiger partial charge is 0.444 e. The molecule has 1 atom stereocenters. The molecule has 1 aliphatic rings. The second-order valence-corrected chi connectivity index (χ2v) is 9.10. The van der Waals surface area contributed by atoms with Crippen LogP contribution in [0.5, 0.6) is 0 Å². The van der Waals surface area contributed by atoms with E-state index in [-0.39, 0.29) is 17.9 Å². The first kappa shape index (κ1) is 23.6. The molecule has 1 saturated heterocycles. The summed E-state index contributed by atoms with van der Waals surface area (Å²) in [5.74, 6) is 0.593. The predicted octanol–water partition coefficient (Wildman–Crippen LogP) is 6.22. The molecule has 34 heavy (non-hydrogen) atoms. The quantitative estimate of drug-likeness (QED) is 0.483. The van der Waals surface area contributed by atoms with Gasteiger partial charge in [-0.15, -0.1) is 10.2 Å². The summed E-state index contributed by atoms with van der Waals surface area (Å²) in [5, 5.41) is 11.5. The Morgan fingerprint density at radius 2 is 1.79 bits per heavy atom. The van der Waals surface area contributed by atoms with E-state index in [1.807, 2.05) is 20.8 Å². The molecule has 1 aliphatic heterocycles.